The number of rotatable bonds is 5. The van der Waals surface area contributed by atoms with Gasteiger partial charge in [-0.1, -0.05) is 6.92 Å². The molecule has 0 saturated heterocycles. The molecule has 1 aromatic carbocycles. The molecule has 0 amide bonds. The topological polar surface area (TPSA) is 29.1 Å². The zero-order chi connectivity index (χ0) is 13.0. The molecule has 0 heterocycles. The molecule has 0 radical (unpaired) electrons. The monoisotopic (exact) mass is 245 g/mol. The molecule has 17 heavy (non-hydrogen) atoms. The molecule has 5 heteroatoms. The van der Waals surface area contributed by atoms with Crippen molar-refractivity contribution in [1.82, 2.24) is 5.32 Å². The van der Waals surface area contributed by atoms with Crippen molar-refractivity contribution in [3.05, 3.63) is 35.1 Å². The number of carbonyl (C=O) groups excluding carboxylic acids is 1. The van der Waals surface area contributed by atoms with Crippen LogP contribution in [0.25, 0.3) is 0 Å². The van der Waals surface area contributed by atoms with E-state index in [2.05, 4.69) is 5.32 Å². The largest absolute Gasteiger partial charge is 0.314 e. The van der Waals surface area contributed by atoms with E-state index in [0.29, 0.717) is 6.54 Å². The van der Waals surface area contributed by atoms with Crippen molar-refractivity contribution in [3.63, 3.8) is 0 Å². The maximum Gasteiger partial charge on any atom is 0.195 e. The van der Waals surface area contributed by atoms with E-state index < -0.39 is 28.8 Å². The van der Waals surface area contributed by atoms with E-state index in [-0.39, 0.29) is 12.5 Å². The van der Waals surface area contributed by atoms with Gasteiger partial charge in [-0.05, 0) is 25.6 Å². The zero-order valence-corrected chi connectivity index (χ0v) is 9.69. The Morgan fingerprint density at radius 3 is 2.53 bits per heavy atom. The van der Waals surface area contributed by atoms with Crippen LogP contribution in [-0.2, 0) is 0 Å². The fourth-order valence-corrected chi connectivity index (χ4v) is 1.55. The van der Waals surface area contributed by atoms with E-state index in [4.69, 9.17) is 0 Å². The molecular weight excluding hydrogens is 231 g/mol. The lowest BCUT2D eigenvalue weighted by atomic mass is 10.0. The molecule has 0 aliphatic carbocycles. The highest BCUT2D eigenvalue weighted by Crippen LogP contribution is 2.17. The third-order valence-electron chi connectivity index (χ3n) is 2.38. The number of halogens is 3. The standard InChI is InChI=1S/C12H14F3NO/c1-3-16-7(2)6-10(17)8-4-5-9(13)12(15)11(8)14/h4-5,7,16H,3,6H2,1-2H3. The first kappa shape index (κ1) is 13.7. The van der Waals surface area contributed by atoms with Crippen LogP contribution >= 0.6 is 0 Å². The van der Waals surface area contributed by atoms with Crippen LogP contribution in [0.1, 0.15) is 30.6 Å². The molecule has 94 valence electrons. The summed E-state index contributed by atoms with van der Waals surface area (Å²) in [6.45, 7) is 4.31. The lowest BCUT2D eigenvalue weighted by molar-refractivity contribution is 0.0966. The van der Waals surface area contributed by atoms with Crippen LogP contribution in [0.5, 0.6) is 0 Å². The summed E-state index contributed by atoms with van der Waals surface area (Å²) in [5.41, 5.74) is -0.409. The molecule has 2 nitrogen and oxygen atoms in total. The van der Waals surface area contributed by atoms with Crippen LogP contribution in [-0.4, -0.2) is 18.4 Å². The zero-order valence-electron chi connectivity index (χ0n) is 9.69. The molecule has 1 unspecified atom stereocenters. The Balaban J connectivity index is 2.86. The van der Waals surface area contributed by atoms with E-state index >= 15 is 0 Å². The average Bonchev–Trinajstić information content (AvgIpc) is 2.26. The highest BCUT2D eigenvalue weighted by molar-refractivity contribution is 5.96. The smallest absolute Gasteiger partial charge is 0.195 e. The molecule has 0 saturated carbocycles. The molecule has 1 atom stereocenters. The average molecular weight is 245 g/mol. The van der Waals surface area contributed by atoms with Crippen LogP contribution in [0.4, 0.5) is 13.2 Å². The van der Waals surface area contributed by atoms with Gasteiger partial charge in [-0.2, -0.15) is 0 Å². The minimum absolute atomic E-state index is 0.0375. The van der Waals surface area contributed by atoms with E-state index in [0.717, 1.165) is 12.1 Å². The van der Waals surface area contributed by atoms with Crippen LogP contribution in [0.3, 0.4) is 0 Å². The second-order valence-corrected chi connectivity index (χ2v) is 3.81. The van der Waals surface area contributed by atoms with Gasteiger partial charge in [0.25, 0.3) is 0 Å². The number of benzene rings is 1. The van der Waals surface area contributed by atoms with Crippen molar-refractivity contribution < 1.29 is 18.0 Å². The first-order valence-electron chi connectivity index (χ1n) is 5.37. The fraction of sp³-hybridized carbons (Fsp3) is 0.417. The van der Waals surface area contributed by atoms with Gasteiger partial charge in [-0.3, -0.25) is 4.79 Å². The van der Waals surface area contributed by atoms with Crippen molar-refractivity contribution >= 4 is 5.78 Å². The van der Waals surface area contributed by atoms with Crippen molar-refractivity contribution in [2.75, 3.05) is 6.54 Å². The van der Waals surface area contributed by atoms with Crippen molar-refractivity contribution in [1.29, 1.82) is 0 Å². The third-order valence-corrected chi connectivity index (χ3v) is 2.38. The number of ketones is 1. The minimum atomic E-state index is -1.60. The molecule has 1 N–H and O–H groups in total. The maximum absolute atomic E-state index is 13.3. The third kappa shape index (κ3) is 3.30. The van der Waals surface area contributed by atoms with Gasteiger partial charge in [0.15, 0.2) is 23.2 Å². The molecule has 0 fully saturated rings. The van der Waals surface area contributed by atoms with Gasteiger partial charge in [0.05, 0.1) is 5.56 Å². The van der Waals surface area contributed by atoms with Gasteiger partial charge in [0, 0.05) is 12.5 Å². The number of nitrogens with one attached hydrogen (secondary N) is 1. The normalized spacial score (nSPS) is 12.5. The molecule has 1 aromatic rings. The lowest BCUT2D eigenvalue weighted by Crippen LogP contribution is -2.28. The molecule has 0 spiro atoms. The molecular formula is C12H14F3NO. The molecule has 1 rings (SSSR count). The second kappa shape index (κ2) is 5.82. The molecule has 0 aromatic heterocycles. The Kier molecular flexibility index (Phi) is 4.69. The van der Waals surface area contributed by atoms with Gasteiger partial charge in [0.2, 0.25) is 0 Å². The SMILES string of the molecule is CCNC(C)CC(=O)c1ccc(F)c(F)c1F. The first-order valence-corrected chi connectivity index (χ1v) is 5.37. The predicted molar refractivity (Wildman–Crippen MR) is 58.4 cm³/mol. The van der Waals surface area contributed by atoms with Crippen LogP contribution in [0.15, 0.2) is 12.1 Å². The highest BCUT2D eigenvalue weighted by Gasteiger charge is 2.19. The minimum Gasteiger partial charge on any atom is -0.314 e. The Morgan fingerprint density at radius 2 is 1.94 bits per heavy atom. The van der Waals surface area contributed by atoms with E-state index in [1.807, 2.05) is 6.92 Å². The molecule has 0 aliphatic heterocycles. The summed E-state index contributed by atoms with van der Waals surface area (Å²) in [6.07, 6.45) is 0.0375. The van der Waals surface area contributed by atoms with Gasteiger partial charge >= 0.3 is 0 Å². The van der Waals surface area contributed by atoms with Gasteiger partial charge in [0.1, 0.15) is 0 Å². The quantitative estimate of drug-likeness (QED) is 0.638. The van der Waals surface area contributed by atoms with Crippen LogP contribution in [0, 0.1) is 17.5 Å². The van der Waals surface area contributed by atoms with Gasteiger partial charge in [-0.25, -0.2) is 13.2 Å². The number of Topliss-reactive ketones (excluding diaryl/α,β-unsaturated/α-hetero) is 1. The first-order chi connectivity index (χ1) is 7.97. The summed E-state index contributed by atoms with van der Waals surface area (Å²) in [7, 11) is 0. The Hall–Kier alpha value is -1.36. The van der Waals surface area contributed by atoms with Crippen LogP contribution in [0.2, 0.25) is 0 Å². The van der Waals surface area contributed by atoms with Gasteiger partial charge < -0.3 is 5.32 Å². The molecule has 0 bridgehead atoms. The number of carbonyl (C=O) groups is 1. The van der Waals surface area contributed by atoms with E-state index in [1.54, 1.807) is 6.92 Å². The fourth-order valence-electron chi connectivity index (χ4n) is 1.55. The Labute approximate surface area is 97.8 Å². The maximum atomic E-state index is 13.3. The second-order valence-electron chi connectivity index (χ2n) is 3.81. The van der Waals surface area contributed by atoms with Crippen molar-refractivity contribution in [2.24, 2.45) is 0 Å². The summed E-state index contributed by atoms with van der Waals surface area (Å²) >= 11 is 0. The Bertz CT molecular complexity index is 420. The summed E-state index contributed by atoms with van der Waals surface area (Å²) in [5.74, 6) is -4.86. The van der Waals surface area contributed by atoms with Crippen molar-refractivity contribution in [2.45, 2.75) is 26.3 Å². The van der Waals surface area contributed by atoms with Crippen molar-refractivity contribution in [3.8, 4) is 0 Å². The number of hydrogen-bond acceptors (Lipinski definition) is 2. The summed E-state index contributed by atoms with van der Waals surface area (Å²) in [4.78, 5) is 11.6. The summed E-state index contributed by atoms with van der Waals surface area (Å²) in [6, 6.07) is 1.58. The van der Waals surface area contributed by atoms with E-state index in [1.165, 1.54) is 0 Å². The summed E-state index contributed by atoms with van der Waals surface area (Å²) in [5, 5.41) is 2.98. The molecule has 0 aliphatic rings. The highest BCUT2D eigenvalue weighted by atomic mass is 19.2. The van der Waals surface area contributed by atoms with Crippen LogP contribution < -0.4 is 5.32 Å². The summed E-state index contributed by atoms with van der Waals surface area (Å²) < 4.78 is 38.9. The van der Waals surface area contributed by atoms with Gasteiger partial charge in [-0.15, -0.1) is 0 Å². The predicted octanol–water partition coefficient (Wildman–Crippen LogP) is 2.67. The number of hydrogen-bond donors (Lipinski definition) is 1. The lowest BCUT2D eigenvalue weighted by Gasteiger charge is -2.11. The Morgan fingerprint density at radius 1 is 1.29 bits per heavy atom. The van der Waals surface area contributed by atoms with E-state index in [9.17, 15) is 18.0 Å².